The van der Waals surface area contributed by atoms with Crippen molar-refractivity contribution in [3.8, 4) is 0 Å². The topological polar surface area (TPSA) is 32.3 Å². The van der Waals surface area contributed by atoms with E-state index in [2.05, 4.69) is 39.1 Å². The van der Waals surface area contributed by atoms with E-state index in [4.69, 9.17) is 0 Å². The van der Waals surface area contributed by atoms with Crippen LogP contribution in [0.2, 0.25) is 0 Å². The molecule has 2 aromatic rings. The summed E-state index contributed by atoms with van der Waals surface area (Å²) in [6.07, 6.45) is 2.72. The maximum atomic E-state index is 4.41. The lowest BCUT2D eigenvalue weighted by atomic mass is 10.00. The van der Waals surface area contributed by atoms with E-state index < -0.39 is 0 Å². The van der Waals surface area contributed by atoms with Crippen molar-refractivity contribution in [2.75, 3.05) is 30.4 Å². The van der Waals surface area contributed by atoms with E-state index >= 15 is 0 Å². The van der Waals surface area contributed by atoms with Gasteiger partial charge in [0.1, 0.15) is 18.0 Å². The molecule has 0 radical (unpaired) electrons. The van der Waals surface area contributed by atoms with Crippen molar-refractivity contribution in [1.29, 1.82) is 0 Å². The van der Waals surface area contributed by atoms with Gasteiger partial charge in [0.25, 0.3) is 0 Å². The van der Waals surface area contributed by atoms with Crippen LogP contribution >= 0.6 is 0 Å². The van der Waals surface area contributed by atoms with Crippen LogP contribution in [0.4, 0.5) is 11.6 Å². The summed E-state index contributed by atoms with van der Waals surface area (Å²) in [5.74, 6) is 1.96. The number of hydrogen-bond acceptors (Lipinski definition) is 4. The van der Waals surface area contributed by atoms with Crippen molar-refractivity contribution in [2.24, 2.45) is 0 Å². The lowest BCUT2D eigenvalue weighted by Gasteiger charge is -2.30. The number of hydrogen-bond donors (Lipinski definition) is 0. The quantitative estimate of drug-likeness (QED) is 0.821. The standard InChI is InChI=1S/C15H18N4/c1-18(2)14-9-15(17-11-16-14)19-8-7-12-5-3-4-6-13(12)10-19/h3-6,9,11H,7-8,10H2,1-2H3. The van der Waals surface area contributed by atoms with E-state index in [0.717, 1.165) is 31.1 Å². The summed E-state index contributed by atoms with van der Waals surface area (Å²) in [6, 6.07) is 10.7. The monoisotopic (exact) mass is 254 g/mol. The molecule has 98 valence electrons. The van der Waals surface area contributed by atoms with Crippen LogP contribution < -0.4 is 9.80 Å². The second-order valence-electron chi connectivity index (χ2n) is 5.07. The molecular formula is C15H18N4. The molecule has 1 aliphatic heterocycles. The Morgan fingerprint density at radius 2 is 1.89 bits per heavy atom. The molecule has 0 saturated heterocycles. The van der Waals surface area contributed by atoms with E-state index in [1.165, 1.54) is 11.1 Å². The number of nitrogens with zero attached hydrogens (tertiary/aromatic N) is 4. The number of rotatable bonds is 2. The normalized spacial score (nSPS) is 14.1. The lowest BCUT2D eigenvalue weighted by Crippen LogP contribution is -2.31. The van der Waals surface area contributed by atoms with Crippen LogP contribution in [0.1, 0.15) is 11.1 Å². The van der Waals surface area contributed by atoms with Gasteiger partial charge >= 0.3 is 0 Å². The summed E-state index contributed by atoms with van der Waals surface area (Å²) in [6.45, 7) is 1.95. The molecule has 1 aromatic heterocycles. The van der Waals surface area contributed by atoms with Gasteiger partial charge in [-0.25, -0.2) is 9.97 Å². The number of fused-ring (bicyclic) bond motifs is 1. The lowest BCUT2D eigenvalue weighted by molar-refractivity contribution is 0.719. The highest BCUT2D eigenvalue weighted by Crippen LogP contribution is 2.24. The van der Waals surface area contributed by atoms with E-state index in [0.29, 0.717) is 0 Å². The highest BCUT2D eigenvalue weighted by molar-refractivity contribution is 5.51. The second kappa shape index (κ2) is 4.88. The summed E-state index contributed by atoms with van der Waals surface area (Å²) >= 11 is 0. The summed E-state index contributed by atoms with van der Waals surface area (Å²) < 4.78 is 0. The van der Waals surface area contributed by atoms with Crippen LogP contribution in [0.5, 0.6) is 0 Å². The van der Waals surface area contributed by atoms with E-state index in [1.807, 2.05) is 25.1 Å². The van der Waals surface area contributed by atoms with Gasteiger partial charge in [0.15, 0.2) is 0 Å². The molecule has 0 spiro atoms. The van der Waals surface area contributed by atoms with Gasteiger partial charge in [-0.1, -0.05) is 24.3 Å². The van der Waals surface area contributed by atoms with E-state index in [1.54, 1.807) is 6.33 Å². The number of benzene rings is 1. The summed E-state index contributed by atoms with van der Waals surface area (Å²) in [4.78, 5) is 13.0. The van der Waals surface area contributed by atoms with Crippen molar-refractivity contribution < 1.29 is 0 Å². The minimum Gasteiger partial charge on any atom is -0.363 e. The van der Waals surface area contributed by atoms with E-state index in [9.17, 15) is 0 Å². The first-order chi connectivity index (χ1) is 9.24. The maximum Gasteiger partial charge on any atom is 0.134 e. The van der Waals surface area contributed by atoms with Crippen LogP contribution in [0, 0.1) is 0 Å². The molecule has 4 heteroatoms. The van der Waals surface area contributed by atoms with Gasteiger partial charge in [0.05, 0.1) is 0 Å². The van der Waals surface area contributed by atoms with Gasteiger partial charge in [-0.2, -0.15) is 0 Å². The number of anilines is 2. The van der Waals surface area contributed by atoms with Gasteiger partial charge < -0.3 is 9.80 Å². The third-order valence-corrected chi connectivity index (χ3v) is 3.55. The van der Waals surface area contributed by atoms with Crippen LogP contribution in [0.15, 0.2) is 36.7 Å². The van der Waals surface area contributed by atoms with E-state index in [-0.39, 0.29) is 0 Å². The third kappa shape index (κ3) is 2.38. The maximum absolute atomic E-state index is 4.41. The smallest absolute Gasteiger partial charge is 0.134 e. The Balaban J connectivity index is 1.87. The predicted octanol–water partition coefficient (Wildman–Crippen LogP) is 2.11. The van der Waals surface area contributed by atoms with Crippen LogP contribution in [-0.4, -0.2) is 30.6 Å². The zero-order valence-electron chi connectivity index (χ0n) is 11.4. The van der Waals surface area contributed by atoms with Crippen molar-refractivity contribution in [1.82, 2.24) is 9.97 Å². The Kier molecular flexibility index (Phi) is 3.07. The molecule has 0 atom stereocenters. The largest absolute Gasteiger partial charge is 0.363 e. The molecular weight excluding hydrogens is 236 g/mol. The van der Waals surface area contributed by atoms with Gasteiger partial charge in [0.2, 0.25) is 0 Å². The molecule has 1 aromatic carbocycles. The molecule has 3 rings (SSSR count). The first-order valence-electron chi connectivity index (χ1n) is 6.55. The molecule has 19 heavy (non-hydrogen) atoms. The molecule has 0 amide bonds. The zero-order valence-corrected chi connectivity index (χ0v) is 11.4. The van der Waals surface area contributed by atoms with Crippen LogP contribution in [-0.2, 0) is 13.0 Å². The summed E-state index contributed by atoms with van der Waals surface area (Å²) in [7, 11) is 4.00. The third-order valence-electron chi connectivity index (χ3n) is 3.55. The molecule has 2 heterocycles. The van der Waals surface area contributed by atoms with Crippen LogP contribution in [0.25, 0.3) is 0 Å². The van der Waals surface area contributed by atoms with Crippen molar-refractivity contribution in [2.45, 2.75) is 13.0 Å². The average molecular weight is 254 g/mol. The second-order valence-corrected chi connectivity index (χ2v) is 5.07. The minimum absolute atomic E-state index is 0.931. The summed E-state index contributed by atoms with van der Waals surface area (Å²) in [5, 5.41) is 0. The first-order valence-corrected chi connectivity index (χ1v) is 6.55. The van der Waals surface area contributed by atoms with Crippen molar-refractivity contribution in [3.05, 3.63) is 47.8 Å². The van der Waals surface area contributed by atoms with Gasteiger partial charge in [-0.3, -0.25) is 0 Å². The number of aromatic nitrogens is 2. The fraction of sp³-hybridized carbons (Fsp3) is 0.333. The Morgan fingerprint density at radius 3 is 2.68 bits per heavy atom. The van der Waals surface area contributed by atoms with Crippen LogP contribution in [0.3, 0.4) is 0 Å². The van der Waals surface area contributed by atoms with Gasteiger partial charge in [0, 0.05) is 33.3 Å². The Morgan fingerprint density at radius 1 is 1.11 bits per heavy atom. The van der Waals surface area contributed by atoms with Crippen molar-refractivity contribution in [3.63, 3.8) is 0 Å². The average Bonchev–Trinajstić information content (AvgIpc) is 2.47. The highest BCUT2D eigenvalue weighted by atomic mass is 15.2. The molecule has 0 bridgehead atoms. The fourth-order valence-electron chi connectivity index (χ4n) is 2.45. The molecule has 0 saturated carbocycles. The van der Waals surface area contributed by atoms with Gasteiger partial charge in [-0.05, 0) is 17.5 Å². The molecule has 0 aliphatic carbocycles. The Labute approximate surface area is 113 Å². The SMILES string of the molecule is CN(C)c1cc(N2CCc3ccccc3C2)ncn1. The van der Waals surface area contributed by atoms with Crippen molar-refractivity contribution >= 4 is 11.6 Å². The minimum atomic E-state index is 0.931. The highest BCUT2D eigenvalue weighted by Gasteiger charge is 2.17. The Bertz CT molecular complexity index is 580. The first kappa shape index (κ1) is 12.0. The Hall–Kier alpha value is -2.10. The summed E-state index contributed by atoms with van der Waals surface area (Å²) in [5.41, 5.74) is 2.86. The molecule has 4 nitrogen and oxygen atoms in total. The fourth-order valence-corrected chi connectivity index (χ4v) is 2.45. The molecule has 0 unspecified atom stereocenters. The zero-order chi connectivity index (χ0) is 13.2. The molecule has 0 N–H and O–H groups in total. The molecule has 0 fully saturated rings. The van der Waals surface area contributed by atoms with Gasteiger partial charge in [-0.15, -0.1) is 0 Å². The molecule has 1 aliphatic rings. The predicted molar refractivity (Wildman–Crippen MR) is 77.6 cm³/mol.